The Kier molecular flexibility index (Phi) is 5.87. The van der Waals surface area contributed by atoms with Crippen LogP contribution in [-0.2, 0) is 16.0 Å². The summed E-state index contributed by atoms with van der Waals surface area (Å²) < 4.78 is 1.77. The van der Waals surface area contributed by atoms with Crippen molar-refractivity contribution in [2.45, 2.75) is 39.7 Å². The van der Waals surface area contributed by atoms with Crippen LogP contribution in [0.15, 0.2) is 6.20 Å². The normalized spacial score (nSPS) is 18.5. The molecule has 26 heavy (non-hydrogen) atoms. The lowest BCUT2D eigenvalue weighted by Crippen LogP contribution is -2.57. The zero-order valence-electron chi connectivity index (χ0n) is 15.5. The fourth-order valence-electron chi connectivity index (χ4n) is 3.21. The lowest BCUT2D eigenvalue weighted by Gasteiger charge is -2.35. The zero-order valence-corrected chi connectivity index (χ0v) is 16.3. The van der Waals surface area contributed by atoms with E-state index in [2.05, 4.69) is 39.5 Å². The summed E-state index contributed by atoms with van der Waals surface area (Å²) in [6, 6.07) is -0.378. The van der Waals surface area contributed by atoms with E-state index in [4.69, 9.17) is 0 Å². The number of aromatic nitrogens is 3. The molecule has 3 heterocycles. The van der Waals surface area contributed by atoms with Gasteiger partial charge < -0.3 is 10.6 Å². The van der Waals surface area contributed by atoms with Gasteiger partial charge in [-0.05, 0) is 12.8 Å². The molecule has 142 valence electrons. The van der Waals surface area contributed by atoms with E-state index in [0.29, 0.717) is 25.4 Å². The highest BCUT2D eigenvalue weighted by atomic mass is 32.1. The van der Waals surface area contributed by atoms with Gasteiger partial charge in [-0.15, -0.1) is 0 Å². The first kappa shape index (κ1) is 18.8. The molecule has 2 aromatic heterocycles. The number of hydrogen-bond acceptors (Lipinski definition) is 6. The summed E-state index contributed by atoms with van der Waals surface area (Å²) in [5.74, 6) is 0.303. The Morgan fingerprint density at radius 3 is 3.04 bits per heavy atom. The third-order valence-corrected chi connectivity index (χ3v) is 5.16. The van der Waals surface area contributed by atoms with Crippen LogP contribution in [0.25, 0.3) is 4.96 Å². The highest BCUT2D eigenvalue weighted by Crippen LogP contribution is 2.14. The molecule has 3 rings (SSSR count). The first-order chi connectivity index (χ1) is 12.4. The predicted molar refractivity (Wildman–Crippen MR) is 100 cm³/mol. The first-order valence-electron chi connectivity index (χ1n) is 9.02. The third kappa shape index (κ3) is 4.59. The van der Waals surface area contributed by atoms with Gasteiger partial charge in [0.05, 0.1) is 24.4 Å². The number of aryl methyl sites for hydroxylation is 1. The zero-order chi connectivity index (χ0) is 18.7. The van der Waals surface area contributed by atoms with Crippen molar-refractivity contribution in [2.24, 2.45) is 5.92 Å². The average molecular weight is 379 g/mol. The minimum absolute atomic E-state index is 0.0529. The summed E-state index contributed by atoms with van der Waals surface area (Å²) in [6.45, 7) is 8.95. The molecule has 2 amide bonds. The number of hydrogen-bond donors (Lipinski definition) is 2. The number of rotatable bonds is 7. The Morgan fingerprint density at radius 1 is 1.50 bits per heavy atom. The van der Waals surface area contributed by atoms with Gasteiger partial charge in [-0.2, -0.15) is 5.10 Å². The van der Waals surface area contributed by atoms with Gasteiger partial charge in [-0.3, -0.25) is 14.5 Å². The second-order valence-corrected chi connectivity index (χ2v) is 8.24. The van der Waals surface area contributed by atoms with E-state index < -0.39 is 0 Å². The minimum atomic E-state index is -0.378. The number of imidazole rings is 1. The number of carbonyl (C=O) groups is 2. The van der Waals surface area contributed by atoms with Crippen molar-refractivity contribution in [1.82, 2.24) is 30.1 Å². The summed E-state index contributed by atoms with van der Waals surface area (Å²) >= 11 is 1.54. The summed E-state index contributed by atoms with van der Waals surface area (Å²) in [5, 5.41) is 11.1. The Morgan fingerprint density at radius 2 is 2.31 bits per heavy atom. The van der Waals surface area contributed by atoms with E-state index in [-0.39, 0.29) is 24.3 Å². The molecule has 0 aromatic carbocycles. The lowest BCUT2D eigenvalue weighted by molar-refractivity contribution is -0.134. The maximum absolute atomic E-state index is 12.3. The molecule has 0 radical (unpaired) electrons. The van der Waals surface area contributed by atoms with Gasteiger partial charge in [0, 0.05) is 32.6 Å². The average Bonchev–Trinajstić information content (AvgIpc) is 3.07. The highest BCUT2D eigenvalue weighted by molar-refractivity contribution is 7.16. The van der Waals surface area contributed by atoms with Crippen LogP contribution < -0.4 is 10.6 Å². The molecule has 0 bridgehead atoms. The van der Waals surface area contributed by atoms with E-state index in [0.717, 1.165) is 28.8 Å². The summed E-state index contributed by atoms with van der Waals surface area (Å²) in [5.41, 5.74) is 0.904. The molecule has 1 fully saturated rings. The Hall–Kier alpha value is -2.00. The largest absolute Gasteiger partial charge is 0.356 e. The molecule has 2 aromatic rings. The quantitative estimate of drug-likeness (QED) is 0.736. The van der Waals surface area contributed by atoms with Crippen molar-refractivity contribution in [3.05, 3.63) is 16.9 Å². The maximum Gasteiger partial charge on any atom is 0.237 e. The van der Waals surface area contributed by atoms with Crippen molar-refractivity contribution in [1.29, 1.82) is 0 Å². The van der Waals surface area contributed by atoms with Crippen LogP contribution in [-0.4, -0.2) is 63.5 Å². The van der Waals surface area contributed by atoms with E-state index in [1.807, 2.05) is 13.1 Å². The second kappa shape index (κ2) is 8.13. The van der Waals surface area contributed by atoms with E-state index in [1.54, 1.807) is 15.9 Å². The maximum atomic E-state index is 12.3. The van der Waals surface area contributed by atoms with Crippen molar-refractivity contribution in [3.8, 4) is 0 Å². The fourth-order valence-corrected chi connectivity index (χ4v) is 3.96. The molecule has 1 saturated heterocycles. The molecular formula is C17H26N6O2S. The molecule has 1 unspecified atom stereocenters. The summed E-state index contributed by atoms with van der Waals surface area (Å²) in [6.07, 6.45) is 2.73. The molecule has 9 heteroatoms. The van der Waals surface area contributed by atoms with Gasteiger partial charge in [0.1, 0.15) is 5.01 Å². The Labute approximate surface area is 157 Å². The number of piperazine rings is 1. The predicted octanol–water partition coefficient (Wildman–Crippen LogP) is 0.604. The number of carbonyl (C=O) groups excluding carboxylic acids is 2. The van der Waals surface area contributed by atoms with Crippen LogP contribution in [0.5, 0.6) is 0 Å². The topological polar surface area (TPSA) is 91.6 Å². The van der Waals surface area contributed by atoms with E-state index in [9.17, 15) is 9.59 Å². The highest BCUT2D eigenvalue weighted by Gasteiger charge is 2.31. The van der Waals surface area contributed by atoms with Crippen LogP contribution in [0.4, 0.5) is 0 Å². The van der Waals surface area contributed by atoms with Crippen molar-refractivity contribution >= 4 is 28.1 Å². The van der Waals surface area contributed by atoms with Gasteiger partial charge >= 0.3 is 0 Å². The van der Waals surface area contributed by atoms with Crippen LogP contribution in [0.2, 0.25) is 0 Å². The molecule has 2 N–H and O–H groups in total. The first-order valence-corrected chi connectivity index (χ1v) is 9.84. The smallest absolute Gasteiger partial charge is 0.237 e. The molecule has 0 spiro atoms. The van der Waals surface area contributed by atoms with Crippen molar-refractivity contribution in [3.63, 3.8) is 0 Å². The fraction of sp³-hybridized carbons (Fsp3) is 0.647. The third-order valence-electron chi connectivity index (χ3n) is 4.32. The van der Waals surface area contributed by atoms with Gasteiger partial charge in [0.2, 0.25) is 16.8 Å². The molecule has 1 atom stereocenters. The number of nitrogens with zero attached hydrogens (tertiary/aromatic N) is 4. The monoisotopic (exact) mass is 378 g/mol. The van der Waals surface area contributed by atoms with Crippen molar-refractivity contribution in [2.75, 3.05) is 26.2 Å². The minimum Gasteiger partial charge on any atom is -0.356 e. The molecule has 0 saturated carbocycles. The molecule has 1 aliphatic rings. The van der Waals surface area contributed by atoms with E-state index >= 15 is 0 Å². The van der Waals surface area contributed by atoms with Gasteiger partial charge in [-0.1, -0.05) is 25.2 Å². The van der Waals surface area contributed by atoms with Crippen LogP contribution in [0, 0.1) is 12.8 Å². The molecular weight excluding hydrogens is 352 g/mol. The number of nitrogens with one attached hydrogen (secondary N) is 2. The van der Waals surface area contributed by atoms with E-state index in [1.165, 1.54) is 0 Å². The number of amides is 2. The lowest BCUT2D eigenvalue weighted by atomic mass is 10.1. The van der Waals surface area contributed by atoms with Crippen molar-refractivity contribution < 1.29 is 9.59 Å². The molecule has 1 aliphatic heterocycles. The molecule has 0 aliphatic carbocycles. The second-order valence-electron chi connectivity index (χ2n) is 7.08. The van der Waals surface area contributed by atoms with Gasteiger partial charge in [-0.25, -0.2) is 9.50 Å². The summed E-state index contributed by atoms with van der Waals surface area (Å²) in [7, 11) is 0. The van der Waals surface area contributed by atoms with Crippen LogP contribution >= 0.6 is 11.3 Å². The van der Waals surface area contributed by atoms with Gasteiger partial charge in [0.15, 0.2) is 0 Å². The Bertz CT molecular complexity index is 752. The molecule has 8 nitrogen and oxygen atoms in total. The Balaban J connectivity index is 1.49. The van der Waals surface area contributed by atoms with Crippen LogP contribution in [0.1, 0.15) is 31.0 Å². The SMILES string of the molecule is Cc1nn2cc(CCNC(=O)CC3C(=O)NCCN3CC(C)C)nc2s1. The van der Waals surface area contributed by atoms with Crippen LogP contribution in [0.3, 0.4) is 0 Å². The standard InChI is InChI=1S/C17H26N6O2S/c1-11(2)9-22-7-6-19-16(25)14(22)8-15(24)18-5-4-13-10-23-17(20-13)26-12(3)21-23/h10-11,14H,4-9H2,1-3H3,(H,18,24)(H,19,25). The summed E-state index contributed by atoms with van der Waals surface area (Å²) in [4.78, 5) is 31.9. The number of fused-ring (bicyclic) bond motifs is 1. The van der Waals surface area contributed by atoms with Gasteiger partial charge in [0.25, 0.3) is 0 Å².